The summed E-state index contributed by atoms with van der Waals surface area (Å²) in [6, 6.07) is 5.91. The highest BCUT2D eigenvalue weighted by atomic mass is 35.5. The molecule has 0 saturated heterocycles. The number of hydrogen-bond donors (Lipinski definition) is 1. The van der Waals surface area contributed by atoms with Gasteiger partial charge in [0.15, 0.2) is 0 Å². The second kappa shape index (κ2) is 5.67. The first-order chi connectivity index (χ1) is 8.97. The minimum Gasteiger partial charge on any atom is -0.345 e. The number of benzene rings is 1. The summed E-state index contributed by atoms with van der Waals surface area (Å²) in [6.45, 7) is 1.63. The van der Waals surface area contributed by atoms with Crippen molar-refractivity contribution in [3.05, 3.63) is 56.7 Å². The van der Waals surface area contributed by atoms with Gasteiger partial charge < -0.3 is 5.32 Å². The van der Waals surface area contributed by atoms with E-state index >= 15 is 0 Å². The molecule has 0 bridgehead atoms. The Morgan fingerprint density at radius 3 is 2.63 bits per heavy atom. The summed E-state index contributed by atoms with van der Waals surface area (Å²) in [6.07, 6.45) is 0. The quantitative estimate of drug-likeness (QED) is 0.905. The first-order valence-corrected chi connectivity index (χ1v) is 6.68. The predicted octanol–water partition coefficient (Wildman–Crippen LogP) is 4.17. The Morgan fingerprint density at radius 2 is 2.05 bits per heavy atom. The van der Waals surface area contributed by atoms with Crippen molar-refractivity contribution in [1.29, 1.82) is 0 Å². The third-order valence-electron chi connectivity index (χ3n) is 2.57. The molecule has 2 aromatic rings. The molecule has 1 atom stereocenters. The highest BCUT2D eigenvalue weighted by Crippen LogP contribution is 2.23. The van der Waals surface area contributed by atoms with Crippen LogP contribution in [0.15, 0.2) is 30.3 Å². The predicted molar refractivity (Wildman–Crippen MR) is 71.6 cm³/mol. The molecule has 0 fully saturated rings. The molecule has 1 aromatic heterocycles. The zero-order valence-corrected chi connectivity index (χ0v) is 11.5. The number of nitrogens with one attached hydrogen (secondary N) is 1. The third kappa shape index (κ3) is 3.30. The van der Waals surface area contributed by atoms with Gasteiger partial charge in [-0.2, -0.15) is 0 Å². The number of amides is 1. The molecule has 1 heterocycles. The van der Waals surface area contributed by atoms with Crippen molar-refractivity contribution in [2.24, 2.45) is 0 Å². The maximum absolute atomic E-state index is 13.5. The molecule has 1 aromatic carbocycles. The summed E-state index contributed by atoms with van der Waals surface area (Å²) in [5.41, 5.74) is 0.234. The fraction of sp³-hybridized carbons (Fsp3) is 0.154. The van der Waals surface area contributed by atoms with Crippen molar-refractivity contribution < 1.29 is 13.6 Å². The second-order valence-corrected chi connectivity index (χ2v) is 5.68. The van der Waals surface area contributed by atoms with E-state index in [1.807, 2.05) is 0 Å². The Labute approximate surface area is 118 Å². The van der Waals surface area contributed by atoms with Crippen molar-refractivity contribution in [2.45, 2.75) is 13.0 Å². The van der Waals surface area contributed by atoms with Crippen LogP contribution in [0, 0.1) is 11.6 Å². The maximum atomic E-state index is 13.5. The van der Waals surface area contributed by atoms with Crippen LogP contribution in [0.3, 0.4) is 0 Å². The van der Waals surface area contributed by atoms with Gasteiger partial charge in [-0.3, -0.25) is 4.79 Å². The van der Waals surface area contributed by atoms with Crippen molar-refractivity contribution in [3.63, 3.8) is 0 Å². The Bertz CT molecular complexity index is 614. The standard InChI is InChI=1S/C13H10ClF2NOS/c1-7(9-3-2-8(15)6-10(9)16)17-13(18)11-4-5-12(14)19-11/h2-7H,1H3,(H,17,18)/t7-/m0/s1. The minimum atomic E-state index is -0.683. The molecule has 0 spiro atoms. The van der Waals surface area contributed by atoms with Gasteiger partial charge in [0.05, 0.1) is 15.3 Å². The molecule has 0 aliphatic heterocycles. The number of rotatable bonds is 3. The summed E-state index contributed by atoms with van der Waals surface area (Å²) < 4.78 is 26.9. The van der Waals surface area contributed by atoms with Crippen LogP contribution in [0.5, 0.6) is 0 Å². The number of carbonyl (C=O) groups is 1. The van der Waals surface area contributed by atoms with Gasteiger partial charge in [-0.1, -0.05) is 17.7 Å². The smallest absolute Gasteiger partial charge is 0.261 e. The lowest BCUT2D eigenvalue weighted by Gasteiger charge is -2.14. The molecule has 6 heteroatoms. The molecular formula is C13H10ClF2NOS. The fourth-order valence-corrected chi connectivity index (χ4v) is 2.58. The molecule has 0 saturated carbocycles. The van der Waals surface area contributed by atoms with E-state index in [0.717, 1.165) is 23.5 Å². The lowest BCUT2D eigenvalue weighted by Crippen LogP contribution is -2.26. The minimum absolute atomic E-state index is 0.234. The average molecular weight is 302 g/mol. The number of halogens is 3. The summed E-state index contributed by atoms with van der Waals surface area (Å²) >= 11 is 6.88. The number of hydrogen-bond acceptors (Lipinski definition) is 2. The molecule has 1 N–H and O–H groups in total. The van der Waals surface area contributed by atoms with Gasteiger partial charge in [0.25, 0.3) is 5.91 Å². The van der Waals surface area contributed by atoms with Crippen LogP contribution in [0.4, 0.5) is 8.78 Å². The molecule has 2 rings (SSSR count). The van der Waals surface area contributed by atoms with Gasteiger partial charge in [0, 0.05) is 11.6 Å². The average Bonchev–Trinajstić information content (AvgIpc) is 2.75. The summed E-state index contributed by atoms with van der Waals surface area (Å²) in [7, 11) is 0. The van der Waals surface area contributed by atoms with Crippen molar-refractivity contribution in [3.8, 4) is 0 Å². The first kappa shape index (κ1) is 14.0. The Morgan fingerprint density at radius 1 is 1.32 bits per heavy atom. The van der Waals surface area contributed by atoms with Crippen LogP contribution in [0.1, 0.15) is 28.2 Å². The van der Waals surface area contributed by atoms with Crippen LogP contribution < -0.4 is 5.32 Å². The van der Waals surface area contributed by atoms with Crippen molar-refractivity contribution in [2.75, 3.05) is 0 Å². The van der Waals surface area contributed by atoms with Crippen LogP contribution in [-0.2, 0) is 0 Å². The van der Waals surface area contributed by atoms with E-state index in [9.17, 15) is 13.6 Å². The molecule has 2 nitrogen and oxygen atoms in total. The second-order valence-electron chi connectivity index (χ2n) is 3.96. The van der Waals surface area contributed by atoms with Crippen LogP contribution in [0.2, 0.25) is 4.34 Å². The molecular weight excluding hydrogens is 292 g/mol. The van der Waals surface area contributed by atoms with Gasteiger partial charge in [-0.25, -0.2) is 8.78 Å². The van der Waals surface area contributed by atoms with Gasteiger partial charge in [0.1, 0.15) is 11.6 Å². The fourth-order valence-electron chi connectivity index (χ4n) is 1.63. The molecule has 0 unspecified atom stereocenters. The summed E-state index contributed by atoms with van der Waals surface area (Å²) in [4.78, 5) is 12.3. The number of thiophene rings is 1. The molecule has 0 aliphatic carbocycles. The molecule has 0 radical (unpaired) electrons. The van der Waals surface area contributed by atoms with Gasteiger partial charge in [-0.15, -0.1) is 11.3 Å². The number of carbonyl (C=O) groups excluding carboxylic acids is 1. The van der Waals surface area contributed by atoms with Crippen LogP contribution in [-0.4, -0.2) is 5.91 Å². The molecule has 100 valence electrons. The summed E-state index contributed by atoms with van der Waals surface area (Å²) in [5, 5.41) is 2.64. The van der Waals surface area contributed by atoms with E-state index in [1.54, 1.807) is 19.1 Å². The Hall–Kier alpha value is -1.46. The van der Waals surface area contributed by atoms with E-state index in [-0.39, 0.29) is 11.5 Å². The molecule has 1 amide bonds. The van der Waals surface area contributed by atoms with E-state index in [2.05, 4.69) is 5.32 Å². The third-order valence-corrected chi connectivity index (χ3v) is 3.80. The Kier molecular flexibility index (Phi) is 4.17. The van der Waals surface area contributed by atoms with E-state index in [0.29, 0.717) is 9.21 Å². The topological polar surface area (TPSA) is 29.1 Å². The Balaban J connectivity index is 2.12. The first-order valence-electron chi connectivity index (χ1n) is 5.48. The van der Waals surface area contributed by atoms with E-state index in [1.165, 1.54) is 6.07 Å². The monoisotopic (exact) mass is 301 g/mol. The van der Waals surface area contributed by atoms with Crippen LogP contribution in [0.25, 0.3) is 0 Å². The molecule has 0 aliphatic rings. The van der Waals surface area contributed by atoms with Crippen LogP contribution >= 0.6 is 22.9 Å². The zero-order chi connectivity index (χ0) is 14.0. The zero-order valence-electron chi connectivity index (χ0n) is 9.91. The van der Waals surface area contributed by atoms with Gasteiger partial charge in [-0.05, 0) is 25.1 Å². The lowest BCUT2D eigenvalue weighted by molar-refractivity contribution is 0.0943. The lowest BCUT2D eigenvalue weighted by atomic mass is 10.1. The SMILES string of the molecule is C[C@H](NC(=O)c1ccc(Cl)s1)c1ccc(F)cc1F. The van der Waals surface area contributed by atoms with Crippen molar-refractivity contribution >= 4 is 28.8 Å². The largest absolute Gasteiger partial charge is 0.345 e. The van der Waals surface area contributed by atoms with E-state index in [4.69, 9.17) is 11.6 Å². The maximum Gasteiger partial charge on any atom is 0.261 e. The van der Waals surface area contributed by atoms with Gasteiger partial charge >= 0.3 is 0 Å². The van der Waals surface area contributed by atoms with E-state index < -0.39 is 17.7 Å². The highest BCUT2D eigenvalue weighted by Gasteiger charge is 2.16. The van der Waals surface area contributed by atoms with Crippen molar-refractivity contribution in [1.82, 2.24) is 5.32 Å². The molecule has 19 heavy (non-hydrogen) atoms. The van der Waals surface area contributed by atoms with Gasteiger partial charge in [0.2, 0.25) is 0 Å². The highest BCUT2D eigenvalue weighted by molar-refractivity contribution is 7.17. The normalized spacial score (nSPS) is 12.2. The summed E-state index contributed by atoms with van der Waals surface area (Å²) in [5.74, 6) is -1.67.